The van der Waals surface area contributed by atoms with E-state index < -0.39 is 0 Å². The van der Waals surface area contributed by atoms with Crippen LogP contribution in [0.4, 0.5) is 10.8 Å². The number of rotatable bonds is 3. The van der Waals surface area contributed by atoms with E-state index in [-0.39, 0.29) is 0 Å². The van der Waals surface area contributed by atoms with Crippen molar-refractivity contribution in [3.05, 3.63) is 41.4 Å². The molecule has 0 amide bonds. The van der Waals surface area contributed by atoms with Crippen molar-refractivity contribution in [3.63, 3.8) is 0 Å². The van der Waals surface area contributed by atoms with Crippen molar-refractivity contribution in [1.29, 1.82) is 0 Å². The third-order valence-electron chi connectivity index (χ3n) is 1.71. The van der Waals surface area contributed by atoms with Crippen molar-refractivity contribution in [2.75, 3.05) is 5.32 Å². The first kappa shape index (κ1) is 9.68. The van der Waals surface area contributed by atoms with Gasteiger partial charge >= 0.3 is 0 Å². The Hall–Kier alpha value is -0.870. The van der Waals surface area contributed by atoms with E-state index >= 15 is 0 Å². The molecule has 0 atom stereocenters. The van der Waals surface area contributed by atoms with Gasteiger partial charge in [-0.15, -0.1) is 11.3 Å². The standard InChI is InChI=1S/C10H9BrN2S/c11-6-9-7-14-10(13-9)12-8-4-2-1-3-5-8/h1-5,7H,6H2,(H,12,13). The Labute approximate surface area is 95.1 Å². The molecular formula is C10H9BrN2S. The summed E-state index contributed by atoms with van der Waals surface area (Å²) in [7, 11) is 0. The Bertz CT molecular complexity index is 400. The lowest BCUT2D eigenvalue weighted by molar-refractivity contribution is 1.24. The van der Waals surface area contributed by atoms with Crippen LogP contribution in [0, 0.1) is 0 Å². The van der Waals surface area contributed by atoms with Crippen molar-refractivity contribution >= 4 is 38.1 Å². The predicted molar refractivity (Wildman–Crippen MR) is 64.5 cm³/mol. The molecule has 2 rings (SSSR count). The molecule has 4 heteroatoms. The zero-order valence-electron chi connectivity index (χ0n) is 7.40. The van der Waals surface area contributed by atoms with Gasteiger partial charge in [0.25, 0.3) is 0 Å². The second-order valence-electron chi connectivity index (χ2n) is 2.77. The number of alkyl halides is 1. The molecule has 1 N–H and O–H groups in total. The van der Waals surface area contributed by atoms with Gasteiger partial charge in [0, 0.05) is 16.4 Å². The number of aromatic nitrogens is 1. The van der Waals surface area contributed by atoms with E-state index in [0.717, 1.165) is 21.8 Å². The molecule has 1 aromatic heterocycles. The monoisotopic (exact) mass is 268 g/mol. The van der Waals surface area contributed by atoms with Crippen LogP contribution in [0.1, 0.15) is 5.69 Å². The average molecular weight is 269 g/mol. The lowest BCUT2D eigenvalue weighted by Crippen LogP contribution is -1.88. The number of hydrogen-bond acceptors (Lipinski definition) is 3. The van der Waals surface area contributed by atoms with Crippen LogP contribution in [0.2, 0.25) is 0 Å². The van der Waals surface area contributed by atoms with Gasteiger partial charge in [0.2, 0.25) is 0 Å². The van der Waals surface area contributed by atoms with E-state index in [1.54, 1.807) is 11.3 Å². The highest BCUT2D eigenvalue weighted by atomic mass is 79.9. The molecule has 0 unspecified atom stereocenters. The first-order chi connectivity index (χ1) is 6.88. The summed E-state index contributed by atoms with van der Waals surface area (Å²) in [5.41, 5.74) is 2.14. The second kappa shape index (κ2) is 4.57. The smallest absolute Gasteiger partial charge is 0.187 e. The second-order valence-corrected chi connectivity index (χ2v) is 4.19. The van der Waals surface area contributed by atoms with Crippen molar-refractivity contribution in [2.45, 2.75) is 5.33 Å². The maximum atomic E-state index is 4.38. The summed E-state index contributed by atoms with van der Waals surface area (Å²) in [5.74, 6) is 0. The minimum absolute atomic E-state index is 0.806. The van der Waals surface area contributed by atoms with Crippen LogP contribution in [-0.2, 0) is 5.33 Å². The molecule has 0 aliphatic heterocycles. The van der Waals surface area contributed by atoms with Crippen LogP contribution >= 0.6 is 27.3 Å². The molecule has 14 heavy (non-hydrogen) atoms. The Balaban J connectivity index is 2.11. The van der Waals surface area contributed by atoms with Crippen LogP contribution in [-0.4, -0.2) is 4.98 Å². The molecule has 0 fully saturated rings. The third kappa shape index (κ3) is 2.33. The van der Waals surface area contributed by atoms with Gasteiger partial charge in [0.05, 0.1) is 5.69 Å². The fourth-order valence-corrected chi connectivity index (χ4v) is 2.30. The van der Waals surface area contributed by atoms with Gasteiger partial charge in [0.15, 0.2) is 5.13 Å². The molecule has 72 valence electrons. The van der Waals surface area contributed by atoms with Gasteiger partial charge in [-0.3, -0.25) is 0 Å². The molecule has 2 aromatic rings. The van der Waals surface area contributed by atoms with Crippen LogP contribution in [0.5, 0.6) is 0 Å². The number of hydrogen-bond donors (Lipinski definition) is 1. The predicted octanol–water partition coefficient (Wildman–Crippen LogP) is 3.78. The van der Waals surface area contributed by atoms with E-state index in [9.17, 15) is 0 Å². The summed E-state index contributed by atoms with van der Waals surface area (Å²) in [6, 6.07) is 10.0. The molecular weight excluding hydrogens is 260 g/mol. The number of nitrogens with one attached hydrogen (secondary N) is 1. The number of nitrogens with zero attached hydrogens (tertiary/aromatic N) is 1. The summed E-state index contributed by atoms with van der Waals surface area (Å²) < 4.78 is 0. The van der Waals surface area contributed by atoms with Gasteiger partial charge in [-0.1, -0.05) is 34.1 Å². The van der Waals surface area contributed by atoms with Crippen molar-refractivity contribution < 1.29 is 0 Å². The molecule has 0 spiro atoms. The van der Waals surface area contributed by atoms with Crippen LogP contribution in [0.3, 0.4) is 0 Å². The van der Waals surface area contributed by atoms with Crippen molar-refractivity contribution in [2.24, 2.45) is 0 Å². The Kier molecular flexibility index (Phi) is 3.16. The summed E-state index contributed by atoms with van der Waals surface area (Å²) >= 11 is 4.99. The summed E-state index contributed by atoms with van der Waals surface area (Å²) in [6.07, 6.45) is 0. The summed E-state index contributed by atoms with van der Waals surface area (Å²) in [4.78, 5) is 4.38. The molecule has 0 saturated heterocycles. The number of benzene rings is 1. The zero-order valence-corrected chi connectivity index (χ0v) is 9.81. The van der Waals surface area contributed by atoms with E-state index in [1.807, 2.05) is 35.7 Å². The van der Waals surface area contributed by atoms with Gasteiger partial charge in [0.1, 0.15) is 0 Å². The van der Waals surface area contributed by atoms with E-state index in [1.165, 1.54) is 0 Å². The van der Waals surface area contributed by atoms with Crippen LogP contribution in [0.25, 0.3) is 0 Å². The maximum absolute atomic E-state index is 4.38. The molecule has 0 aliphatic carbocycles. The topological polar surface area (TPSA) is 24.9 Å². The Morgan fingerprint density at radius 3 is 2.71 bits per heavy atom. The van der Waals surface area contributed by atoms with E-state index in [2.05, 4.69) is 26.2 Å². The lowest BCUT2D eigenvalue weighted by Gasteiger charge is -2.00. The fourth-order valence-electron chi connectivity index (χ4n) is 1.07. The first-order valence-electron chi connectivity index (χ1n) is 4.21. The molecule has 0 saturated carbocycles. The number of thiazole rings is 1. The highest BCUT2D eigenvalue weighted by molar-refractivity contribution is 9.08. The molecule has 1 aromatic carbocycles. The Morgan fingerprint density at radius 1 is 1.29 bits per heavy atom. The van der Waals surface area contributed by atoms with E-state index in [0.29, 0.717) is 0 Å². The van der Waals surface area contributed by atoms with Gasteiger partial charge in [-0.05, 0) is 12.1 Å². The zero-order chi connectivity index (χ0) is 9.80. The van der Waals surface area contributed by atoms with Gasteiger partial charge in [-0.25, -0.2) is 4.98 Å². The van der Waals surface area contributed by atoms with Crippen molar-refractivity contribution in [3.8, 4) is 0 Å². The molecule has 0 bridgehead atoms. The maximum Gasteiger partial charge on any atom is 0.187 e. The fraction of sp³-hybridized carbons (Fsp3) is 0.100. The number of halogens is 1. The minimum Gasteiger partial charge on any atom is -0.332 e. The van der Waals surface area contributed by atoms with Gasteiger partial charge in [-0.2, -0.15) is 0 Å². The highest BCUT2D eigenvalue weighted by Crippen LogP contribution is 2.21. The number of anilines is 2. The minimum atomic E-state index is 0.806. The molecule has 0 aliphatic rings. The largest absolute Gasteiger partial charge is 0.332 e. The normalized spacial score (nSPS) is 10.1. The molecule has 1 heterocycles. The summed E-state index contributed by atoms with van der Waals surface area (Å²) in [5, 5.41) is 7.03. The SMILES string of the molecule is BrCc1csc(Nc2ccccc2)n1. The van der Waals surface area contributed by atoms with Crippen LogP contribution < -0.4 is 5.32 Å². The summed E-state index contributed by atoms with van der Waals surface area (Å²) in [6.45, 7) is 0. The van der Waals surface area contributed by atoms with Crippen LogP contribution in [0.15, 0.2) is 35.7 Å². The average Bonchev–Trinajstić information content (AvgIpc) is 2.67. The molecule has 0 radical (unpaired) electrons. The number of para-hydroxylation sites is 1. The Morgan fingerprint density at radius 2 is 2.07 bits per heavy atom. The van der Waals surface area contributed by atoms with E-state index in [4.69, 9.17) is 0 Å². The lowest BCUT2D eigenvalue weighted by atomic mass is 10.3. The highest BCUT2D eigenvalue weighted by Gasteiger charge is 1.99. The quantitative estimate of drug-likeness (QED) is 0.858. The van der Waals surface area contributed by atoms with Gasteiger partial charge < -0.3 is 5.32 Å². The molecule has 2 nitrogen and oxygen atoms in total. The first-order valence-corrected chi connectivity index (χ1v) is 6.21. The third-order valence-corrected chi connectivity index (χ3v) is 3.09. The van der Waals surface area contributed by atoms with Crippen molar-refractivity contribution in [1.82, 2.24) is 4.98 Å².